The Morgan fingerprint density at radius 1 is 0.706 bits per heavy atom. The molecule has 0 aliphatic carbocycles. The smallest absolute Gasteiger partial charge is 0.0257 e. The zero-order valence-corrected chi connectivity index (χ0v) is 13.1. The van der Waals surface area contributed by atoms with Crippen molar-refractivity contribution in [2.24, 2.45) is 0 Å². The van der Waals surface area contributed by atoms with Gasteiger partial charge in [0.05, 0.1) is 0 Å². The van der Waals surface area contributed by atoms with Crippen molar-refractivity contribution < 1.29 is 0 Å². The van der Waals surface area contributed by atoms with Crippen molar-refractivity contribution in [3.63, 3.8) is 0 Å². The van der Waals surface area contributed by atoms with E-state index in [9.17, 15) is 0 Å². The Hall–Kier alpha value is -0.160. The summed E-state index contributed by atoms with van der Waals surface area (Å²) in [6.07, 6.45) is 0. The highest BCUT2D eigenvalue weighted by Gasteiger charge is 2.16. The molecule has 4 nitrogen and oxygen atoms in total. The van der Waals surface area contributed by atoms with Gasteiger partial charge in [-0.05, 0) is 34.9 Å². The van der Waals surface area contributed by atoms with E-state index in [1.807, 2.05) is 0 Å². The molecule has 0 aliphatic heterocycles. The van der Waals surface area contributed by atoms with E-state index in [4.69, 9.17) is 0 Å². The number of likely N-dealkylation sites (N-methyl/N-ethyl adjacent to an activating group) is 3. The summed E-state index contributed by atoms with van der Waals surface area (Å²) in [5, 5.41) is 4.35. The van der Waals surface area contributed by atoms with E-state index in [2.05, 4.69) is 75.8 Å². The van der Waals surface area contributed by atoms with Crippen molar-refractivity contribution >= 4 is 0 Å². The quantitative estimate of drug-likeness (QED) is 0.621. The lowest BCUT2D eigenvalue weighted by molar-refractivity contribution is 0.0456. The van der Waals surface area contributed by atoms with Crippen LogP contribution in [0.15, 0.2) is 0 Å². The molecule has 0 aromatic heterocycles. The molecule has 0 saturated heterocycles. The first kappa shape index (κ1) is 16.8. The molecule has 0 spiro atoms. The van der Waals surface area contributed by atoms with Gasteiger partial charge in [-0.25, -0.2) is 10.0 Å². The molecule has 0 aliphatic rings. The molecule has 0 bridgehead atoms. The lowest BCUT2D eigenvalue weighted by Crippen LogP contribution is -2.44. The summed E-state index contributed by atoms with van der Waals surface area (Å²) < 4.78 is 0. The molecule has 0 fully saturated rings. The normalized spacial score (nSPS) is 13.4. The largest absolute Gasteiger partial charge is 0.304 e. The fourth-order valence-electron chi connectivity index (χ4n) is 1.28. The van der Waals surface area contributed by atoms with Gasteiger partial charge in [-0.3, -0.25) is 0 Å². The Morgan fingerprint density at radius 2 is 1.18 bits per heavy atom. The van der Waals surface area contributed by atoms with Crippen LogP contribution in [0.4, 0.5) is 0 Å². The Kier molecular flexibility index (Phi) is 7.24. The molecule has 0 amide bonds. The molecule has 0 aromatic carbocycles. The summed E-state index contributed by atoms with van der Waals surface area (Å²) in [7, 11) is 10.7. The summed E-state index contributed by atoms with van der Waals surface area (Å²) >= 11 is 0. The average molecular weight is 244 g/mol. The summed E-state index contributed by atoms with van der Waals surface area (Å²) in [6, 6.07) is 0. The minimum absolute atomic E-state index is 0.265. The molecule has 0 N–H and O–H groups in total. The predicted molar refractivity (Wildman–Crippen MR) is 76.2 cm³/mol. The molecule has 0 rings (SSSR count). The summed E-state index contributed by atoms with van der Waals surface area (Å²) in [6.45, 7) is 11.2. The molecule has 4 heteroatoms. The number of hydrazine groups is 1. The van der Waals surface area contributed by atoms with Gasteiger partial charge in [-0.2, -0.15) is 0 Å². The molecule has 0 atom stereocenters. The first-order valence-electron chi connectivity index (χ1n) is 6.42. The third-order valence-corrected chi connectivity index (χ3v) is 3.45. The van der Waals surface area contributed by atoms with Gasteiger partial charge in [0.2, 0.25) is 0 Å². The number of hydrogen-bond donors (Lipinski definition) is 0. The van der Waals surface area contributed by atoms with Crippen LogP contribution in [0.2, 0.25) is 0 Å². The van der Waals surface area contributed by atoms with Crippen molar-refractivity contribution in [2.45, 2.75) is 26.3 Å². The van der Waals surface area contributed by atoms with Gasteiger partial charge in [0.1, 0.15) is 0 Å². The van der Waals surface area contributed by atoms with Crippen LogP contribution in [-0.2, 0) is 0 Å². The SMILES string of the molecule is CN(CCN(C)N(C)C)CCN(C)C(C)(C)C. The molecular formula is C13H32N4. The van der Waals surface area contributed by atoms with E-state index in [0.29, 0.717) is 0 Å². The molecule has 0 radical (unpaired) electrons. The lowest BCUT2D eigenvalue weighted by atomic mass is 10.1. The van der Waals surface area contributed by atoms with Gasteiger partial charge in [-0.15, -0.1) is 0 Å². The van der Waals surface area contributed by atoms with Crippen LogP contribution in [0.3, 0.4) is 0 Å². The second-order valence-corrected chi connectivity index (χ2v) is 6.12. The zero-order valence-electron chi connectivity index (χ0n) is 13.1. The number of rotatable bonds is 7. The Labute approximate surface area is 108 Å². The molecule has 0 unspecified atom stereocenters. The molecular weight excluding hydrogens is 212 g/mol. The molecule has 0 heterocycles. The number of hydrogen-bond acceptors (Lipinski definition) is 4. The minimum Gasteiger partial charge on any atom is -0.304 e. The van der Waals surface area contributed by atoms with Crippen LogP contribution >= 0.6 is 0 Å². The average Bonchev–Trinajstić information content (AvgIpc) is 2.20. The van der Waals surface area contributed by atoms with E-state index in [1.165, 1.54) is 0 Å². The van der Waals surface area contributed by atoms with E-state index in [-0.39, 0.29) is 5.54 Å². The third kappa shape index (κ3) is 7.71. The van der Waals surface area contributed by atoms with Crippen molar-refractivity contribution in [3.8, 4) is 0 Å². The molecule has 0 aromatic rings. The van der Waals surface area contributed by atoms with E-state index in [1.54, 1.807) is 0 Å². The van der Waals surface area contributed by atoms with Gasteiger partial charge >= 0.3 is 0 Å². The van der Waals surface area contributed by atoms with Crippen molar-refractivity contribution in [2.75, 3.05) is 61.4 Å². The first-order valence-corrected chi connectivity index (χ1v) is 6.42. The highest BCUT2D eigenvalue weighted by molar-refractivity contribution is 4.73. The minimum atomic E-state index is 0.265. The van der Waals surface area contributed by atoms with Crippen molar-refractivity contribution in [3.05, 3.63) is 0 Å². The maximum atomic E-state index is 2.40. The van der Waals surface area contributed by atoms with Crippen molar-refractivity contribution in [1.29, 1.82) is 0 Å². The summed E-state index contributed by atoms with van der Waals surface area (Å²) in [5.41, 5.74) is 0.265. The van der Waals surface area contributed by atoms with Gasteiger partial charge in [0.15, 0.2) is 0 Å². The molecule has 17 heavy (non-hydrogen) atoms. The Morgan fingerprint density at radius 3 is 1.59 bits per heavy atom. The predicted octanol–water partition coefficient (Wildman–Crippen LogP) is 1.06. The van der Waals surface area contributed by atoms with Gasteiger partial charge in [0.25, 0.3) is 0 Å². The van der Waals surface area contributed by atoms with Crippen LogP contribution in [0.25, 0.3) is 0 Å². The van der Waals surface area contributed by atoms with Gasteiger partial charge in [0, 0.05) is 52.9 Å². The van der Waals surface area contributed by atoms with Crippen LogP contribution in [0.5, 0.6) is 0 Å². The molecule has 0 saturated carbocycles. The molecule has 104 valence electrons. The fourth-order valence-corrected chi connectivity index (χ4v) is 1.28. The van der Waals surface area contributed by atoms with Crippen LogP contribution in [-0.4, -0.2) is 86.8 Å². The Balaban J connectivity index is 3.77. The topological polar surface area (TPSA) is 13.0 Å². The van der Waals surface area contributed by atoms with Gasteiger partial charge < -0.3 is 9.80 Å². The maximum absolute atomic E-state index is 2.40. The summed E-state index contributed by atoms with van der Waals surface area (Å²) in [5.74, 6) is 0. The van der Waals surface area contributed by atoms with Crippen LogP contribution in [0.1, 0.15) is 20.8 Å². The van der Waals surface area contributed by atoms with Crippen LogP contribution < -0.4 is 0 Å². The third-order valence-electron chi connectivity index (χ3n) is 3.45. The zero-order chi connectivity index (χ0) is 13.6. The second-order valence-electron chi connectivity index (χ2n) is 6.12. The van der Waals surface area contributed by atoms with Gasteiger partial charge in [-0.1, -0.05) is 0 Å². The Bertz CT molecular complexity index is 198. The highest BCUT2D eigenvalue weighted by atomic mass is 15.6. The standard InChI is InChI=1S/C13H32N4/c1-13(2,3)16(7)11-9-15(6)10-12-17(8)14(4)5/h9-12H2,1-8H3. The highest BCUT2D eigenvalue weighted by Crippen LogP contribution is 2.09. The maximum Gasteiger partial charge on any atom is 0.0257 e. The van der Waals surface area contributed by atoms with E-state index < -0.39 is 0 Å². The summed E-state index contributed by atoms with van der Waals surface area (Å²) in [4.78, 5) is 4.79. The monoisotopic (exact) mass is 244 g/mol. The lowest BCUT2D eigenvalue weighted by Gasteiger charge is -2.33. The number of nitrogens with zero attached hydrogens (tertiary/aromatic N) is 4. The van der Waals surface area contributed by atoms with Crippen molar-refractivity contribution in [1.82, 2.24) is 19.8 Å². The second kappa shape index (κ2) is 7.31. The van der Waals surface area contributed by atoms with E-state index in [0.717, 1.165) is 26.2 Å². The fraction of sp³-hybridized carbons (Fsp3) is 1.00. The van der Waals surface area contributed by atoms with E-state index >= 15 is 0 Å². The van der Waals surface area contributed by atoms with Crippen LogP contribution in [0, 0.1) is 0 Å². The first-order chi connectivity index (χ1) is 7.64.